The van der Waals surface area contributed by atoms with E-state index in [2.05, 4.69) is 5.32 Å². The van der Waals surface area contributed by atoms with E-state index in [9.17, 15) is 14.4 Å². The Bertz CT molecular complexity index is 858. The van der Waals surface area contributed by atoms with E-state index in [1.807, 2.05) is 37.2 Å². The molecule has 1 heterocycles. The minimum Gasteiger partial charge on any atom is -0.378 e. The number of amides is 3. The van der Waals surface area contributed by atoms with E-state index >= 15 is 0 Å². The highest BCUT2D eigenvalue weighted by molar-refractivity contribution is 6.22. The first-order chi connectivity index (χ1) is 11.4. The molecule has 6 heteroatoms. The molecule has 0 radical (unpaired) electrons. The Morgan fingerprint density at radius 1 is 1.00 bits per heavy atom. The molecule has 3 amide bonds. The van der Waals surface area contributed by atoms with Crippen LogP contribution in [0, 0.1) is 0 Å². The lowest BCUT2D eigenvalue weighted by molar-refractivity contribution is 0.0693. The molecule has 1 aliphatic rings. The predicted octanol–water partition coefficient (Wildman–Crippen LogP) is 2.23. The molecule has 3 rings (SSSR count). The Morgan fingerprint density at radius 2 is 1.71 bits per heavy atom. The topological polar surface area (TPSA) is 69.7 Å². The van der Waals surface area contributed by atoms with E-state index in [4.69, 9.17) is 0 Å². The van der Waals surface area contributed by atoms with Gasteiger partial charge in [0.25, 0.3) is 17.7 Å². The number of benzene rings is 2. The first kappa shape index (κ1) is 15.7. The summed E-state index contributed by atoms with van der Waals surface area (Å²) in [5, 5.41) is 2.81. The standard InChI is InChI=1S/C18H17N3O3/c1-20(2)13-6-4-5-12(10-13)19-16(22)11-7-8-14-15(9-11)18(24)21(3)17(14)23/h4-10H,1-3H3,(H,19,22). The van der Waals surface area contributed by atoms with E-state index in [0.29, 0.717) is 16.8 Å². The Hall–Kier alpha value is -3.15. The lowest BCUT2D eigenvalue weighted by atomic mass is 10.1. The highest BCUT2D eigenvalue weighted by Crippen LogP contribution is 2.23. The quantitative estimate of drug-likeness (QED) is 0.880. The first-order valence-electron chi connectivity index (χ1n) is 7.43. The van der Waals surface area contributed by atoms with Crippen LogP contribution in [0.25, 0.3) is 0 Å². The van der Waals surface area contributed by atoms with Gasteiger partial charge in [-0.1, -0.05) is 6.07 Å². The van der Waals surface area contributed by atoms with Gasteiger partial charge in [0.2, 0.25) is 0 Å². The smallest absolute Gasteiger partial charge is 0.261 e. The van der Waals surface area contributed by atoms with Crippen molar-refractivity contribution < 1.29 is 14.4 Å². The van der Waals surface area contributed by atoms with E-state index < -0.39 is 0 Å². The molecule has 0 saturated heterocycles. The van der Waals surface area contributed by atoms with E-state index in [0.717, 1.165) is 10.6 Å². The molecule has 0 aliphatic carbocycles. The zero-order valence-corrected chi connectivity index (χ0v) is 13.7. The van der Waals surface area contributed by atoms with Crippen LogP contribution in [0.1, 0.15) is 31.1 Å². The molecule has 2 aromatic rings. The molecule has 24 heavy (non-hydrogen) atoms. The maximum atomic E-state index is 12.4. The van der Waals surface area contributed by atoms with Gasteiger partial charge in [-0.05, 0) is 36.4 Å². The normalized spacial score (nSPS) is 13.0. The van der Waals surface area contributed by atoms with E-state index in [-0.39, 0.29) is 23.3 Å². The highest BCUT2D eigenvalue weighted by Gasteiger charge is 2.33. The molecule has 0 saturated carbocycles. The van der Waals surface area contributed by atoms with Crippen LogP contribution in [0.2, 0.25) is 0 Å². The summed E-state index contributed by atoms with van der Waals surface area (Å²) < 4.78 is 0. The lowest BCUT2D eigenvalue weighted by Gasteiger charge is -2.14. The maximum Gasteiger partial charge on any atom is 0.261 e. The molecule has 0 spiro atoms. The lowest BCUT2D eigenvalue weighted by Crippen LogP contribution is -2.24. The van der Waals surface area contributed by atoms with Crippen molar-refractivity contribution in [1.29, 1.82) is 0 Å². The number of fused-ring (bicyclic) bond motifs is 1. The van der Waals surface area contributed by atoms with Crippen LogP contribution in [0.15, 0.2) is 42.5 Å². The first-order valence-corrected chi connectivity index (χ1v) is 7.43. The zero-order valence-electron chi connectivity index (χ0n) is 13.7. The molecule has 0 atom stereocenters. The second-order valence-corrected chi connectivity index (χ2v) is 5.83. The largest absolute Gasteiger partial charge is 0.378 e. The van der Waals surface area contributed by atoms with Crippen molar-refractivity contribution in [2.24, 2.45) is 0 Å². The Morgan fingerprint density at radius 3 is 2.42 bits per heavy atom. The molecule has 0 unspecified atom stereocenters. The molecule has 0 fully saturated rings. The van der Waals surface area contributed by atoms with Crippen LogP contribution >= 0.6 is 0 Å². The molecular weight excluding hydrogens is 306 g/mol. The van der Waals surface area contributed by atoms with Crippen molar-refractivity contribution in [3.05, 3.63) is 59.2 Å². The number of hydrogen-bond donors (Lipinski definition) is 1. The molecule has 1 N–H and O–H groups in total. The monoisotopic (exact) mass is 323 g/mol. The Balaban J connectivity index is 1.86. The van der Waals surface area contributed by atoms with Gasteiger partial charge in [-0.25, -0.2) is 0 Å². The third kappa shape index (κ3) is 2.62. The fraction of sp³-hybridized carbons (Fsp3) is 0.167. The summed E-state index contributed by atoms with van der Waals surface area (Å²) in [7, 11) is 5.26. The number of nitrogens with one attached hydrogen (secondary N) is 1. The summed E-state index contributed by atoms with van der Waals surface area (Å²) in [5.41, 5.74) is 2.54. The maximum absolute atomic E-state index is 12.4. The number of imide groups is 1. The Kier molecular flexibility index (Phi) is 3.81. The number of carbonyl (C=O) groups excluding carboxylic acids is 3. The van der Waals surface area contributed by atoms with Crippen LogP contribution in [0.4, 0.5) is 11.4 Å². The van der Waals surface area contributed by atoms with E-state index in [1.54, 1.807) is 12.1 Å². The third-order valence-corrected chi connectivity index (χ3v) is 3.97. The highest BCUT2D eigenvalue weighted by atomic mass is 16.2. The second-order valence-electron chi connectivity index (χ2n) is 5.83. The van der Waals surface area contributed by atoms with Crippen LogP contribution < -0.4 is 10.2 Å². The second kappa shape index (κ2) is 5.81. The van der Waals surface area contributed by atoms with Gasteiger partial charge in [0, 0.05) is 38.1 Å². The Labute approximate surface area is 139 Å². The summed E-state index contributed by atoms with van der Waals surface area (Å²) in [6.07, 6.45) is 0. The van der Waals surface area contributed by atoms with Crippen LogP contribution in [-0.2, 0) is 0 Å². The molecular formula is C18H17N3O3. The molecule has 1 aliphatic heterocycles. The van der Waals surface area contributed by atoms with Crippen LogP contribution in [0.3, 0.4) is 0 Å². The van der Waals surface area contributed by atoms with Gasteiger partial charge in [-0.3, -0.25) is 19.3 Å². The number of hydrogen-bond acceptors (Lipinski definition) is 4. The number of anilines is 2. The number of carbonyl (C=O) groups is 3. The summed E-state index contributed by atoms with van der Waals surface area (Å²) >= 11 is 0. The van der Waals surface area contributed by atoms with Gasteiger partial charge >= 0.3 is 0 Å². The molecule has 0 aromatic heterocycles. The summed E-state index contributed by atoms with van der Waals surface area (Å²) in [5.74, 6) is -1.07. The van der Waals surface area contributed by atoms with Gasteiger partial charge in [0.1, 0.15) is 0 Å². The van der Waals surface area contributed by atoms with Crippen molar-refractivity contribution in [3.8, 4) is 0 Å². The van der Waals surface area contributed by atoms with Gasteiger partial charge in [0.05, 0.1) is 11.1 Å². The van der Waals surface area contributed by atoms with Gasteiger partial charge in [-0.15, -0.1) is 0 Å². The summed E-state index contributed by atoms with van der Waals surface area (Å²) in [6.45, 7) is 0. The van der Waals surface area contributed by atoms with Crippen LogP contribution in [0.5, 0.6) is 0 Å². The summed E-state index contributed by atoms with van der Waals surface area (Å²) in [4.78, 5) is 39.3. The minimum absolute atomic E-state index is 0.261. The van der Waals surface area contributed by atoms with Crippen molar-refractivity contribution in [2.45, 2.75) is 0 Å². The van der Waals surface area contributed by atoms with Gasteiger partial charge in [0.15, 0.2) is 0 Å². The predicted molar refractivity (Wildman–Crippen MR) is 91.6 cm³/mol. The number of nitrogens with zero attached hydrogens (tertiary/aromatic N) is 2. The van der Waals surface area contributed by atoms with Crippen molar-refractivity contribution in [1.82, 2.24) is 4.90 Å². The zero-order chi connectivity index (χ0) is 17.4. The molecule has 6 nitrogen and oxygen atoms in total. The average molecular weight is 323 g/mol. The van der Waals surface area contributed by atoms with Crippen molar-refractivity contribution in [3.63, 3.8) is 0 Å². The molecule has 122 valence electrons. The molecule has 2 aromatic carbocycles. The molecule has 0 bridgehead atoms. The van der Waals surface area contributed by atoms with Crippen molar-refractivity contribution in [2.75, 3.05) is 31.4 Å². The fourth-order valence-corrected chi connectivity index (χ4v) is 2.57. The number of rotatable bonds is 3. The summed E-state index contributed by atoms with van der Waals surface area (Å²) in [6, 6.07) is 12.0. The van der Waals surface area contributed by atoms with Crippen molar-refractivity contribution >= 4 is 29.1 Å². The SMILES string of the molecule is CN1C(=O)c2ccc(C(=O)Nc3cccc(N(C)C)c3)cc2C1=O. The van der Waals surface area contributed by atoms with Gasteiger partial charge < -0.3 is 10.2 Å². The van der Waals surface area contributed by atoms with E-state index in [1.165, 1.54) is 19.2 Å². The third-order valence-electron chi connectivity index (χ3n) is 3.97. The minimum atomic E-state index is -0.390. The average Bonchev–Trinajstić information content (AvgIpc) is 2.79. The van der Waals surface area contributed by atoms with Crippen LogP contribution in [-0.4, -0.2) is 43.8 Å². The van der Waals surface area contributed by atoms with Gasteiger partial charge in [-0.2, -0.15) is 0 Å². The fourth-order valence-electron chi connectivity index (χ4n) is 2.57.